The zero-order valence-corrected chi connectivity index (χ0v) is 22.3. The van der Waals surface area contributed by atoms with E-state index in [9.17, 15) is 9.59 Å². The van der Waals surface area contributed by atoms with Crippen molar-refractivity contribution in [2.24, 2.45) is 0 Å². The van der Waals surface area contributed by atoms with Crippen molar-refractivity contribution in [2.45, 2.75) is 13.2 Å². The van der Waals surface area contributed by atoms with Crippen LogP contribution in [0.1, 0.15) is 16.7 Å². The molecule has 0 unspecified atom stereocenters. The van der Waals surface area contributed by atoms with Gasteiger partial charge in [-0.1, -0.05) is 46.9 Å². The first-order valence-electron chi connectivity index (χ1n) is 10.9. The molecule has 190 valence electrons. The van der Waals surface area contributed by atoms with Crippen molar-refractivity contribution in [2.75, 3.05) is 13.9 Å². The Morgan fingerprint density at radius 2 is 1.70 bits per heavy atom. The SMILES string of the molecule is COc1cc(/C=C2\SC(=O)N(Cc3cc4c(cc3Cl)OCO4)C2=O)ccc1OCc1c(Cl)cccc1Cl. The van der Waals surface area contributed by atoms with E-state index in [1.807, 2.05) is 0 Å². The quantitative estimate of drug-likeness (QED) is 0.275. The predicted molar refractivity (Wildman–Crippen MR) is 143 cm³/mol. The molecule has 3 aromatic rings. The Morgan fingerprint density at radius 1 is 0.973 bits per heavy atom. The molecule has 3 aromatic carbocycles. The van der Waals surface area contributed by atoms with E-state index in [0.717, 1.165) is 16.7 Å². The Morgan fingerprint density at radius 3 is 2.43 bits per heavy atom. The summed E-state index contributed by atoms with van der Waals surface area (Å²) in [5.74, 6) is 1.55. The first kappa shape index (κ1) is 25.6. The second-order valence-corrected chi connectivity index (χ2v) is 10.2. The minimum absolute atomic E-state index is 0.0121. The van der Waals surface area contributed by atoms with Crippen LogP contribution in [0.15, 0.2) is 53.4 Å². The van der Waals surface area contributed by atoms with Crippen LogP contribution in [-0.4, -0.2) is 29.9 Å². The summed E-state index contributed by atoms with van der Waals surface area (Å²) in [4.78, 5) is 27.1. The summed E-state index contributed by atoms with van der Waals surface area (Å²) >= 11 is 19.6. The Kier molecular flexibility index (Phi) is 7.44. The lowest BCUT2D eigenvalue weighted by atomic mass is 10.1. The van der Waals surface area contributed by atoms with Gasteiger partial charge in [0.05, 0.1) is 18.6 Å². The van der Waals surface area contributed by atoms with Gasteiger partial charge >= 0.3 is 0 Å². The molecule has 0 saturated carbocycles. The normalized spacial score (nSPS) is 15.6. The van der Waals surface area contributed by atoms with Crippen molar-refractivity contribution in [3.63, 3.8) is 0 Å². The maximum atomic E-state index is 13.1. The van der Waals surface area contributed by atoms with Crippen molar-refractivity contribution in [3.05, 3.63) is 85.2 Å². The number of carbonyl (C=O) groups excluding carboxylic acids is 2. The van der Waals surface area contributed by atoms with Gasteiger partial charge in [0.25, 0.3) is 11.1 Å². The average Bonchev–Trinajstić information content (AvgIpc) is 3.43. The molecular weight excluding hydrogens is 561 g/mol. The van der Waals surface area contributed by atoms with Crippen molar-refractivity contribution in [1.82, 2.24) is 4.90 Å². The molecule has 1 saturated heterocycles. The standard InChI is InChI=1S/C26H18Cl3NO6S/c1-33-21-7-14(5-6-20(21)34-12-16-17(27)3-2-4-18(16)28)8-24-25(31)30(26(32)37-24)11-15-9-22-23(10-19(15)29)36-13-35-22/h2-10H,11-13H2,1H3/b24-8-. The number of halogens is 3. The summed E-state index contributed by atoms with van der Waals surface area (Å²) in [5, 5.41) is 0.987. The maximum absolute atomic E-state index is 13.1. The van der Waals surface area contributed by atoms with Crippen LogP contribution < -0.4 is 18.9 Å². The summed E-state index contributed by atoms with van der Waals surface area (Å²) < 4.78 is 22.0. The van der Waals surface area contributed by atoms with Gasteiger partial charge in [-0.15, -0.1) is 0 Å². The lowest BCUT2D eigenvalue weighted by Gasteiger charge is -2.14. The van der Waals surface area contributed by atoms with Gasteiger partial charge in [0.2, 0.25) is 6.79 Å². The van der Waals surface area contributed by atoms with E-state index in [0.29, 0.717) is 54.8 Å². The van der Waals surface area contributed by atoms with Crippen LogP contribution in [0.5, 0.6) is 23.0 Å². The number of rotatable bonds is 7. The third-order valence-electron chi connectivity index (χ3n) is 5.66. The van der Waals surface area contributed by atoms with Crippen LogP contribution >= 0.6 is 46.6 Å². The maximum Gasteiger partial charge on any atom is 0.293 e. The third kappa shape index (κ3) is 5.33. The van der Waals surface area contributed by atoms with Crippen LogP contribution in [0.4, 0.5) is 4.79 Å². The Balaban J connectivity index is 1.32. The van der Waals surface area contributed by atoms with Crippen LogP contribution in [0, 0.1) is 0 Å². The average molecular weight is 579 g/mol. The number of hydrogen-bond acceptors (Lipinski definition) is 7. The summed E-state index contributed by atoms with van der Waals surface area (Å²) in [5.41, 5.74) is 1.90. The van der Waals surface area contributed by atoms with Crippen molar-refractivity contribution in [3.8, 4) is 23.0 Å². The fourth-order valence-electron chi connectivity index (χ4n) is 3.75. The van der Waals surface area contributed by atoms with Gasteiger partial charge in [-0.3, -0.25) is 14.5 Å². The number of methoxy groups -OCH3 is 1. The van der Waals surface area contributed by atoms with Gasteiger partial charge in [-0.05, 0) is 59.3 Å². The van der Waals surface area contributed by atoms with E-state index >= 15 is 0 Å². The highest BCUT2D eigenvalue weighted by Gasteiger charge is 2.35. The minimum Gasteiger partial charge on any atom is -0.493 e. The van der Waals surface area contributed by atoms with E-state index in [1.165, 1.54) is 7.11 Å². The molecular formula is C26H18Cl3NO6S. The lowest BCUT2D eigenvalue weighted by Crippen LogP contribution is -2.27. The van der Waals surface area contributed by atoms with E-state index in [-0.39, 0.29) is 24.8 Å². The number of imide groups is 1. The molecule has 37 heavy (non-hydrogen) atoms. The molecule has 7 nitrogen and oxygen atoms in total. The molecule has 0 N–H and O–H groups in total. The second kappa shape index (κ2) is 10.8. The second-order valence-electron chi connectivity index (χ2n) is 7.96. The Labute approximate surface area is 231 Å². The molecule has 0 radical (unpaired) electrons. The van der Waals surface area contributed by atoms with Crippen LogP contribution in [0.2, 0.25) is 15.1 Å². The highest BCUT2D eigenvalue weighted by atomic mass is 35.5. The van der Waals surface area contributed by atoms with E-state index in [2.05, 4.69) is 0 Å². The number of nitrogens with zero attached hydrogens (tertiary/aromatic N) is 1. The number of benzene rings is 3. The molecule has 11 heteroatoms. The lowest BCUT2D eigenvalue weighted by molar-refractivity contribution is -0.123. The van der Waals surface area contributed by atoms with Gasteiger partial charge < -0.3 is 18.9 Å². The summed E-state index contributed by atoms with van der Waals surface area (Å²) in [7, 11) is 1.51. The Bertz CT molecular complexity index is 1420. The molecule has 0 aliphatic carbocycles. The van der Waals surface area contributed by atoms with Gasteiger partial charge in [-0.2, -0.15) is 0 Å². The van der Waals surface area contributed by atoms with Crippen molar-refractivity contribution < 1.29 is 28.5 Å². The van der Waals surface area contributed by atoms with Crippen LogP contribution in [-0.2, 0) is 17.9 Å². The fourth-order valence-corrected chi connectivity index (χ4v) is 5.31. The smallest absolute Gasteiger partial charge is 0.293 e. The van der Waals surface area contributed by atoms with E-state index in [1.54, 1.807) is 54.6 Å². The third-order valence-corrected chi connectivity index (χ3v) is 7.63. The highest BCUT2D eigenvalue weighted by Crippen LogP contribution is 2.40. The minimum atomic E-state index is -0.420. The van der Waals surface area contributed by atoms with Gasteiger partial charge in [0.1, 0.15) is 6.61 Å². The fraction of sp³-hybridized carbons (Fsp3) is 0.154. The highest BCUT2D eigenvalue weighted by molar-refractivity contribution is 8.18. The number of ether oxygens (including phenoxy) is 4. The topological polar surface area (TPSA) is 74.3 Å². The summed E-state index contributed by atoms with van der Waals surface area (Å²) in [6.45, 7) is 0.258. The molecule has 2 aliphatic heterocycles. The van der Waals surface area contributed by atoms with Crippen molar-refractivity contribution in [1.29, 1.82) is 0 Å². The first-order chi connectivity index (χ1) is 17.8. The zero-order chi connectivity index (χ0) is 26.1. The van der Waals surface area contributed by atoms with Gasteiger partial charge in [0.15, 0.2) is 23.0 Å². The van der Waals surface area contributed by atoms with Crippen LogP contribution in [0.3, 0.4) is 0 Å². The monoisotopic (exact) mass is 577 g/mol. The number of amides is 2. The molecule has 5 rings (SSSR count). The van der Waals surface area contributed by atoms with Gasteiger partial charge in [0, 0.05) is 26.7 Å². The predicted octanol–water partition coefficient (Wildman–Crippen LogP) is 7.20. The molecule has 0 atom stereocenters. The molecule has 0 spiro atoms. The molecule has 2 heterocycles. The molecule has 2 amide bonds. The molecule has 1 fully saturated rings. The number of hydrogen-bond donors (Lipinski definition) is 0. The molecule has 2 aliphatic rings. The number of thioether (sulfide) groups is 1. The van der Waals surface area contributed by atoms with E-state index < -0.39 is 11.1 Å². The number of fused-ring (bicyclic) bond motifs is 1. The number of carbonyl (C=O) groups is 2. The van der Waals surface area contributed by atoms with Gasteiger partial charge in [-0.25, -0.2) is 0 Å². The molecule has 0 aromatic heterocycles. The zero-order valence-electron chi connectivity index (χ0n) is 19.3. The Hall–Kier alpha value is -3.04. The summed E-state index contributed by atoms with van der Waals surface area (Å²) in [6.07, 6.45) is 1.63. The summed E-state index contributed by atoms with van der Waals surface area (Å²) in [6, 6.07) is 13.7. The first-order valence-corrected chi connectivity index (χ1v) is 12.9. The largest absolute Gasteiger partial charge is 0.493 e. The van der Waals surface area contributed by atoms with E-state index in [4.69, 9.17) is 53.8 Å². The van der Waals surface area contributed by atoms with Crippen LogP contribution in [0.25, 0.3) is 6.08 Å². The van der Waals surface area contributed by atoms with Crippen molar-refractivity contribution >= 4 is 63.8 Å². The molecule has 0 bridgehead atoms.